The van der Waals surface area contributed by atoms with Crippen molar-refractivity contribution in [1.29, 1.82) is 0 Å². The van der Waals surface area contributed by atoms with E-state index in [0.717, 1.165) is 0 Å². The maximum absolute atomic E-state index is 14.1. The standard InChI is InChI=1S/C22H26FN3O4S/c1-4-17-19(21(28)30-3)20(14-7-5-8-15(23)11-14)26-16(13-31-22(26)25-17)12-18(27)24-9-6-10-29-2/h5,7-8,11,13,20H,4,6,9-10,12H2,1-3H3,(H,24,27)/t20-/m1/s1. The van der Waals surface area contributed by atoms with Gasteiger partial charge in [0.2, 0.25) is 5.91 Å². The Morgan fingerprint density at radius 3 is 2.81 bits per heavy atom. The van der Waals surface area contributed by atoms with Crippen LogP contribution in [-0.2, 0) is 19.1 Å². The number of fused-ring (bicyclic) bond motifs is 1. The minimum absolute atomic E-state index is 0.112. The van der Waals surface area contributed by atoms with Crippen molar-refractivity contribution in [2.45, 2.75) is 32.2 Å². The fourth-order valence-electron chi connectivity index (χ4n) is 3.58. The number of methoxy groups -OCH3 is 2. The van der Waals surface area contributed by atoms with Crippen molar-refractivity contribution in [3.63, 3.8) is 0 Å². The smallest absolute Gasteiger partial charge is 0.338 e. The summed E-state index contributed by atoms with van der Waals surface area (Å²) in [6.07, 6.45) is 1.34. The number of nitrogens with one attached hydrogen (secondary N) is 1. The lowest BCUT2D eigenvalue weighted by Crippen LogP contribution is -2.38. The highest BCUT2D eigenvalue weighted by molar-refractivity contribution is 8.16. The molecule has 0 aliphatic carbocycles. The van der Waals surface area contributed by atoms with Crippen LogP contribution in [0.1, 0.15) is 37.8 Å². The summed E-state index contributed by atoms with van der Waals surface area (Å²) < 4.78 is 24.1. The molecule has 1 amide bonds. The van der Waals surface area contributed by atoms with Gasteiger partial charge in [-0.2, -0.15) is 0 Å². The molecule has 1 N–H and O–H groups in total. The summed E-state index contributed by atoms with van der Waals surface area (Å²) in [5.74, 6) is -1.07. The van der Waals surface area contributed by atoms with Gasteiger partial charge in [-0.1, -0.05) is 30.8 Å². The lowest BCUT2D eigenvalue weighted by molar-refractivity contribution is -0.136. The second-order valence-corrected chi connectivity index (χ2v) is 7.86. The van der Waals surface area contributed by atoms with Gasteiger partial charge in [0.05, 0.1) is 30.8 Å². The summed E-state index contributed by atoms with van der Waals surface area (Å²) >= 11 is 1.39. The average molecular weight is 448 g/mol. The van der Waals surface area contributed by atoms with Gasteiger partial charge < -0.3 is 19.7 Å². The molecule has 1 aromatic rings. The van der Waals surface area contributed by atoms with Crippen LogP contribution in [0.2, 0.25) is 0 Å². The number of amides is 1. The van der Waals surface area contributed by atoms with Crippen molar-refractivity contribution in [3.8, 4) is 0 Å². The molecule has 0 fully saturated rings. The van der Waals surface area contributed by atoms with E-state index < -0.39 is 17.8 Å². The highest BCUT2D eigenvalue weighted by Gasteiger charge is 2.41. The zero-order chi connectivity index (χ0) is 22.4. The van der Waals surface area contributed by atoms with E-state index in [1.807, 2.05) is 17.2 Å². The molecule has 7 nitrogen and oxygen atoms in total. The number of halogens is 1. The first-order chi connectivity index (χ1) is 15.0. The molecule has 166 valence electrons. The highest BCUT2D eigenvalue weighted by atomic mass is 32.2. The first kappa shape index (κ1) is 23.0. The Morgan fingerprint density at radius 2 is 2.13 bits per heavy atom. The SMILES string of the molecule is CCC1=C(C(=O)OC)[C@@H](c2cccc(F)c2)N2C(CC(=O)NCCCOC)=CSC2=N1. The first-order valence-electron chi connectivity index (χ1n) is 10.1. The third-order valence-corrected chi connectivity index (χ3v) is 5.87. The number of thioether (sulfide) groups is 1. The summed E-state index contributed by atoms with van der Waals surface area (Å²) in [5.41, 5.74) is 2.23. The molecule has 1 atom stereocenters. The summed E-state index contributed by atoms with van der Waals surface area (Å²) in [7, 11) is 2.93. The van der Waals surface area contributed by atoms with Crippen LogP contribution in [0.15, 0.2) is 51.6 Å². The van der Waals surface area contributed by atoms with Crippen LogP contribution in [0.25, 0.3) is 0 Å². The van der Waals surface area contributed by atoms with E-state index in [9.17, 15) is 14.0 Å². The number of rotatable bonds is 9. The molecule has 2 aliphatic heterocycles. The summed E-state index contributed by atoms with van der Waals surface area (Å²) in [5, 5.41) is 5.38. The number of hydrogen-bond donors (Lipinski definition) is 1. The van der Waals surface area contributed by atoms with E-state index in [0.29, 0.717) is 53.7 Å². The minimum atomic E-state index is -0.631. The number of aliphatic imine (C=N–C) groups is 1. The van der Waals surface area contributed by atoms with Crippen molar-refractivity contribution >= 4 is 28.8 Å². The predicted molar refractivity (Wildman–Crippen MR) is 118 cm³/mol. The fraction of sp³-hybridized carbons (Fsp3) is 0.409. The quantitative estimate of drug-likeness (QED) is 0.461. The average Bonchev–Trinajstić information content (AvgIpc) is 3.17. The normalized spacial score (nSPS) is 17.8. The van der Waals surface area contributed by atoms with Crippen molar-refractivity contribution in [2.75, 3.05) is 27.4 Å². The van der Waals surface area contributed by atoms with E-state index >= 15 is 0 Å². The zero-order valence-corrected chi connectivity index (χ0v) is 18.6. The molecule has 0 aromatic heterocycles. The predicted octanol–water partition coefficient (Wildman–Crippen LogP) is 3.51. The second kappa shape index (κ2) is 10.6. The van der Waals surface area contributed by atoms with Gasteiger partial charge in [-0.25, -0.2) is 14.2 Å². The molecule has 0 spiro atoms. The molecule has 0 bridgehead atoms. The second-order valence-electron chi connectivity index (χ2n) is 7.03. The molecule has 0 saturated heterocycles. The van der Waals surface area contributed by atoms with Crippen LogP contribution < -0.4 is 5.32 Å². The van der Waals surface area contributed by atoms with Crippen LogP contribution in [-0.4, -0.2) is 49.3 Å². The fourth-order valence-corrected chi connectivity index (χ4v) is 4.51. The summed E-state index contributed by atoms with van der Waals surface area (Å²) in [6.45, 7) is 2.98. The molecule has 9 heteroatoms. The molecule has 2 heterocycles. The molecular weight excluding hydrogens is 421 g/mol. The Labute approximate surface area is 185 Å². The molecule has 0 unspecified atom stereocenters. The van der Waals surface area contributed by atoms with Crippen molar-refractivity contribution in [3.05, 3.63) is 58.0 Å². The molecule has 31 heavy (non-hydrogen) atoms. The largest absolute Gasteiger partial charge is 0.466 e. The lowest BCUT2D eigenvalue weighted by atomic mass is 9.93. The molecule has 0 radical (unpaired) electrons. The van der Waals surface area contributed by atoms with Crippen molar-refractivity contribution in [1.82, 2.24) is 10.2 Å². The Hall–Kier alpha value is -2.65. The zero-order valence-electron chi connectivity index (χ0n) is 17.8. The Kier molecular flexibility index (Phi) is 7.86. The van der Waals surface area contributed by atoms with E-state index in [1.165, 1.54) is 31.0 Å². The number of carbonyl (C=O) groups excluding carboxylic acids is 2. The Balaban J connectivity index is 1.94. The van der Waals surface area contributed by atoms with Crippen LogP contribution in [0.4, 0.5) is 4.39 Å². The van der Waals surface area contributed by atoms with Crippen molar-refractivity contribution < 1.29 is 23.5 Å². The summed E-state index contributed by atoms with van der Waals surface area (Å²) in [4.78, 5) is 31.7. The Bertz CT molecular complexity index is 944. The van der Waals surface area contributed by atoms with E-state index in [-0.39, 0.29) is 12.3 Å². The minimum Gasteiger partial charge on any atom is -0.466 e. The monoisotopic (exact) mass is 447 g/mol. The van der Waals surface area contributed by atoms with Crippen LogP contribution in [0, 0.1) is 5.82 Å². The number of allylic oxidation sites excluding steroid dienone is 1. The number of carbonyl (C=O) groups is 2. The van der Waals surface area contributed by atoms with Crippen molar-refractivity contribution in [2.24, 2.45) is 4.99 Å². The van der Waals surface area contributed by atoms with Gasteiger partial charge >= 0.3 is 5.97 Å². The topological polar surface area (TPSA) is 80.2 Å². The first-order valence-corrected chi connectivity index (χ1v) is 10.9. The number of nitrogens with zero attached hydrogens (tertiary/aromatic N) is 2. The number of benzene rings is 1. The van der Waals surface area contributed by atoms with E-state index in [2.05, 4.69) is 10.3 Å². The highest BCUT2D eigenvalue weighted by Crippen LogP contribution is 2.45. The molecule has 3 rings (SSSR count). The lowest BCUT2D eigenvalue weighted by Gasteiger charge is -2.36. The number of hydrogen-bond acceptors (Lipinski definition) is 7. The van der Waals surface area contributed by atoms with Crippen LogP contribution >= 0.6 is 11.8 Å². The van der Waals surface area contributed by atoms with E-state index in [4.69, 9.17) is 9.47 Å². The number of ether oxygens (including phenoxy) is 2. The third kappa shape index (κ3) is 5.16. The number of esters is 1. The van der Waals surface area contributed by atoms with Crippen LogP contribution in [0.3, 0.4) is 0 Å². The van der Waals surface area contributed by atoms with Gasteiger partial charge in [0.1, 0.15) is 5.82 Å². The van der Waals surface area contributed by atoms with Gasteiger partial charge in [0.25, 0.3) is 0 Å². The van der Waals surface area contributed by atoms with Gasteiger partial charge in [-0.3, -0.25) is 4.79 Å². The van der Waals surface area contributed by atoms with Gasteiger partial charge in [0, 0.05) is 26.0 Å². The molecule has 2 aliphatic rings. The van der Waals surface area contributed by atoms with Gasteiger partial charge in [0.15, 0.2) is 5.17 Å². The third-order valence-electron chi connectivity index (χ3n) is 4.98. The molecule has 0 saturated carbocycles. The van der Waals surface area contributed by atoms with Crippen LogP contribution in [0.5, 0.6) is 0 Å². The maximum atomic E-state index is 14.1. The maximum Gasteiger partial charge on any atom is 0.338 e. The van der Waals surface area contributed by atoms with E-state index in [1.54, 1.807) is 19.2 Å². The summed E-state index contributed by atoms with van der Waals surface area (Å²) in [6, 6.07) is 5.49. The van der Waals surface area contributed by atoms with Gasteiger partial charge in [-0.15, -0.1) is 0 Å². The molecule has 1 aromatic carbocycles. The Morgan fingerprint density at radius 1 is 1.32 bits per heavy atom. The number of amidine groups is 1. The van der Waals surface area contributed by atoms with Gasteiger partial charge in [-0.05, 0) is 35.9 Å². The molecular formula is C22H26FN3O4S.